The number of nitrogens with one attached hydrogen (secondary N) is 1. The Morgan fingerprint density at radius 3 is 2.92 bits per heavy atom. The number of rotatable bonds is 7. The zero-order chi connectivity index (χ0) is 18.4. The molecular weight excluding hydrogens is 340 g/mol. The highest BCUT2D eigenvalue weighted by atomic mass is 32.2. The van der Waals surface area contributed by atoms with Gasteiger partial charge < -0.3 is 20.0 Å². The molecule has 0 fully saturated rings. The molecule has 1 amide bonds. The summed E-state index contributed by atoms with van der Waals surface area (Å²) < 4.78 is 5.72. The van der Waals surface area contributed by atoms with Gasteiger partial charge in [0.05, 0.1) is 12.1 Å². The lowest BCUT2D eigenvalue weighted by molar-refractivity contribution is -0.130. The molecule has 0 aliphatic rings. The van der Waals surface area contributed by atoms with Gasteiger partial charge in [0.15, 0.2) is 0 Å². The number of aromatic nitrogens is 1. The molecule has 1 aromatic heterocycles. The number of aldehydes is 1. The van der Waals surface area contributed by atoms with Crippen LogP contribution < -0.4 is 10.1 Å². The summed E-state index contributed by atoms with van der Waals surface area (Å²) >= 11 is 1.17. The molecule has 0 saturated carbocycles. The third-order valence-corrected chi connectivity index (χ3v) is 4.23. The summed E-state index contributed by atoms with van der Waals surface area (Å²) in [6.45, 7) is 0.929. The van der Waals surface area contributed by atoms with Gasteiger partial charge in [0.2, 0.25) is 5.44 Å². The summed E-state index contributed by atoms with van der Waals surface area (Å²) in [7, 11) is 0. The molecule has 2 N–H and O–H groups in total. The third kappa shape index (κ3) is 4.50. The summed E-state index contributed by atoms with van der Waals surface area (Å²) in [6.07, 6.45) is 9.19. The molecule has 0 saturated heterocycles. The second-order valence-electron chi connectivity index (χ2n) is 5.59. The lowest BCUT2D eigenvalue weighted by atomic mass is 10.1. The van der Waals surface area contributed by atoms with Gasteiger partial charge in [0, 0.05) is 17.1 Å². The van der Waals surface area contributed by atoms with Crippen molar-refractivity contribution in [1.29, 1.82) is 0 Å². The van der Waals surface area contributed by atoms with Gasteiger partial charge in [0.1, 0.15) is 17.6 Å². The Labute approximate surface area is 150 Å². The lowest BCUT2D eigenvalue weighted by Crippen LogP contribution is -2.53. The number of carbonyl (C=O) groups excluding carboxylic acids is 2. The number of thioether (sulfide) groups is 1. The van der Waals surface area contributed by atoms with Gasteiger partial charge in [-0.05, 0) is 37.4 Å². The number of hydrogen-bond donors (Lipinski definition) is 2. The van der Waals surface area contributed by atoms with E-state index in [1.807, 2.05) is 0 Å². The Morgan fingerprint density at radius 2 is 2.32 bits per heavy atom. The van der Waals surface area contributed by atoms with Crippen molar-refractivity contribution in [2.45, 2.75) is 17.9 Å². The number of hydrogen-bond acceptors (Lipinski definition) is 6. The molecule has 25 heavy (non-hydrogen) atoms. The Morgan fingerprint density at radius 1 is 1.56 bits per heavy atom. The van der Waals surface area contributed by atoms with Crippen LogP contribution in [0.5, 0.6) is 5.75 Å². The summed E-state index contributed by atoms with van der Waals surface area (Å²) in [5, 5.41) is 12.5. The monoisotopic (exact) mass is 358 g/mol. The van der Waals surface area contributed by atoms with Crippen LogP contribution in [0.1, 0.15) is 12.5 Å². The van der Waals surface area contributed by atoms with Crippen LogP contribution in [0.15, 0.2) is 30.5 Å². The number of ether oxygens (including phenoxy) is 1. The van der Waals surface area contributed by atoms with Crippen molar-refractivity contribution in [3.8, 4) is 18.1 Å². The van der Waals surface area contributed by atoms with Gasteiger partial charge >= 0.3 is 0 Å². The SMILES string of the molecule is C#Cc1cnc2ccc(OC(SC)C(=O)NC(C)(C=O)CO)cc2c1. The van der Waals surface area contributed by atoms with E-state index in [-0.39, 0.29) is 0 Å². The van der Waals surface area contributed by atoms with Crippen molar-refractivity contribution in [2.24, 2.45) is 0 Å². The molecule has 0 spiro atoms. The fraction of sp³-hybridized carbons (Fsp3) is 0.278. The molecule has 0 radical (unpaired) electrons. The normalized spacial score (nSPS) is 14.2. The molecule has 0 aliphatic carbocycles. The molecule has 7 heteroatoms. The van der Waals surface area contributed by atoms with E-state index in [0.717, 1.165) is 10.9 Å². The number of aliphatic hydroxyl groups is 1. The van der Waals surface area contributed by atoms with Crippen molar-refractivity contribution in [3.05, 3.63) is 36.0 Å². The number of carbonyl (C=O) groups is 2. The first-order valence-corrected chi connectivity index (χ1v) is 8.68. The molecule has 130 valence electrons. The van der Waals surface area contributed by atoms with Crippen molar-refractivity contribution in [1.82, 2.24) is 10.3 Å². The molecule has 2 rings (SSSR count). The highest BCUT2D eigenvalue weighted by Crippen LogP contribution is 2.23. The van der Waals surface area contributed by atoms with Crippen LogP contribution in [0.2, 0.25) is 0 Å². The molecule has 2 aromatic rings. The standard InChI is InChI=1S/C18H18N2O4S/c1-4-12-7-13-8-14(5-6-15(13)19-9-12)24-17(25-3)16(23)20-18(2,10-21)11-22/h1,5-10,17,22H,11H2,2-3H3,(H,20,23). The highest BCUT2D eigenvalue weighted by Gasteiger charge is 2.29. The topological polar surface area (TPSA) is 88.5 Å². The highest BCUT2D eigenvalue weighted by molar-refractivity contribution is 7.99. The molecular formula is C18H18N2O4S. The first-order chi connectivity index (χ1) is 11.9. The summed E-state index contributed by atoms with van der Waals surface area (Å²) in [4.78, 5) is 27.6. The maximum atomic E-state index is 12.3. The van der Waals surface area contributed by atoms with Crippen LogP contribution in [0.3, 0.4) is 0 Å². The van der Waals surface area contributed by atoms with Gasteiger partial charge in [0.25, 0.3) is 5.91 Å². The van der Waals surface area contributed by atoms with Gasteiger partial charge in [-0.25, -0.2) is 0 Å². The Hall–Kier alpha value is -2.56. The molecule has 1 aromatic carbocycles. The Balaban J connectivity index is 2.20. The number of fused-ring (bicyclic) bond motifs is 1. The van der Waals surface area contributed by atoms with Gasteiger partial charge in [-0.2, -0.15) is 0 Å². The van der Waals surface area contributed by atoms with E-state index in [9.17, 15) is 14.7 Å². The van der Waals surface area contributed by atoms with E-state index < -0.39 is 23.5 Å². The number of nitrogens with zero attached hydrogens (tertiary/aromatic N) is 1. The average Bonchev–Trinajstić information content (AvgIpc) is 2.65. The lowest BCUT2D eigenvalue weighted by Gasteiger charge is -2.25. The molecule has 2 unspecified atom stereocenters. The number of aliphatic hydroxyl groups excluding tert-OH is 1. The minimum atomic E-state index is -1.34. The van der Waals surface area contributed by atoms with Crippen molar-refractivity contribution in [3.63, 3.8) is 0 Å². The maximum Gasteiger partial charge on any atom is 0.272 e. The van der Waals surface area contributed by atoms with Gasteiger partial charge in [-0.1, -0.05) is 5.92 Å². The fourth-order valence-electron chi connectivity index (χ4n) is 2.04. The second-order valence-corrected chi connectivity index (χ2v) is 6.49. The molecule has 0 bridgehead atoms. The quantitative estimate of drug-likeness (QED) is 0.441. The van der Waals surface area contributed by atoms with Crippen molar-refractivity contribution < 1.29 is 19.4 Å². The first-order valence-electron chi connectivity index (χ1n) is 7.40. The number of pyridine rings is 1. The zero-order valence-electron chi connectivity index (χ0n) is 13.9. The fourth-order valence-corrected chi connectivity index (χ4v) is 2.52. The smallest absolute Gasteiger partial charge is 0.272 e. The van der Waals surface area contributed by atoms with Crippen LogP contribution in [0.4, 0.5) is 0 Å². The molecule has 1 heterocycles. The van der Waals surface area contributed by atoms with Crippen LogP contribution >= 0.6 is 11.8 Å². The summed E-state index contributed by atoms with van der Waals surface area (Å²) in [5.74, 6) is 2.48. The summed E-state index contributed by atoms with van der Waals surface area (Å²) in [6, 6.07) is 7.01. The predicted octanol–water partition coefficient (Wildman–Crippen LogP) is 1.35. The van der Waals surface area contributed by atoms with Crippen LogP contribution in [0.25, 0.3) is 10.9 Å². The molecule has 6 nitrogen and oxygen atoms in total. The number of terminal acetylenes is 1. The molecule has 0 aliphatic heterocycles. The van der Waals surface area contributed by atoms with Crippen LogP contribution in [-0.4, -0.2) is 46.1 Å². The second kappa shape index (κ2) is 8.01. The number of amides is 1. The minimum Gasteiger partial charge on any atom is -0.470 e. The summed E-state index contributed by atoms with van der Waals surface area (Å²) in [5.41, 5.74) is -0.825. The largest absolute Gasteiger partial charge is 0.470 e. The van der Waals surface area contributed by atoms with Gasteiger partial charge in [-0.3, -0.25) is 9.78 Å². The third-order valence-electron chi connectivity index (χ3n) is 3.49. The van der Waals surface area contributed by atoms with E-state index in [1.165, 1.54) is 18.7 Å². The Kier molecular flexibility index (Phi) is 6.02. The van der Waals surface area contributed by atoms with E-state index >= 15 is 0 Å². The van der Waals surface area contributed by atoms with Gasteiger partial charge in [-0.15, -0.1) is 18.2 Å². The average molecular weight is 358 g/mol. The van der Waals surface area contributed by atoms with E-state index in [2.05, 4.69) is 16.2 Å². The first kappa shape index (κ1) is 18.8. The minimum absolute atomic E-state index is 0.467. The van der Waals surface area contributed by atoms with Crippen molar-refractivity contribution >= 4 is 34.9 Å². The predicted molar refractivity (Wildman–Crippen MR) is 97.3 cm³/mol. The van der Waals surface area contributed by atoms with E-state index in [0.29, 0.717) is 17.6 Å². The maximum absolute atomic E-state index is 12.3. The van der Waals surface area contributed by atoms with E-state index in [1.54, 1.807) is 36.7 Å². The molecule has 2 atom stereocenters. The van der Waals surface area contributed by atoms with E-state index in [4.69, 9.17) is 11.2 Å². The van der Waals surface area contributed by atoms with Crippen LogP contribution in [-0.2, 0) is 9.59 Å². The van der Waals surface area contributed by atoms with Crippen LogP contribution in [0, 0.1) is 12.3 Å². The zero-order valence-corrected chi connectivity index (χ0v) is 14.7. The number of benzene rings is 1. The Bertz CT molecular complexity index is 833. The van der Waals surface area contributed by atoms with Crippen molar-refractivity contribution in [2.75, 3.05) is 12.9 Å².